The van der Waals surface area contributed by atoms with E-state index in [0.29, 0.717) is 23.1 Å². The maximum absolute atomic E-state index is 12.0. The normalized spacial score (nSPS) is 11.9. The second kappa shape index (κ2) is 6.10. The van der Waals surface area contributed by atoms with Crippen molar-refractivity contribution in [3.8, 4) is 0 Å². The fourth-order valence-corrected chi connectivity index (χ4v) is 1.69. The van der Waals surface area contributed by atoms with Crippen LogP contribution in [0.1, 0.15) is 24.2 Å². The van der Waals surface area contributed by atoms with Crippen molar-refractivity contribution in [1.82, 2.24) is 15.3 Å². The van der Waals surface area contributed by atoms with Gasteiger partial charge >= 0.3 is 5.97 Å². The summed E-state index contributed by atoms with van der Waals surface area (Å²) in [4.78, 5) is 31.7. The summed E-state index contributed by atoms with van der Waals surface area (Å²) in [5.41, 5.74) is 1.64. The SMILES string of the molecule is CCNC(=O)[C@H](C)OC(=O)c1ccc2nccnc2c1. The van der Waals surface area contributed by atoms with Crippen molar-refractivity contribution in [2.24, 2.45) is 0 Å². The van der Waals surface area contributed by atoms with E-state index in [2.05, 4.69) is 15.3 Å². The molecule has 6 nitrogen and oxygen atoms in total. The number of nitrogens with one attached hydrogen (secondary N) is 1. The molecule has 2 aromatic rings. The molecule has 1 amide bonds. The van der Waals surface area contributed by atoms with Crippen LogP contribution in [-0.4, -0.2) is 34.5 Å². The van der Waals surface area contributed by atoms with E-state index in [0.717, 1.165) is 0 Å². The van der Waals surface area contributed by atoms with Gasteiger partial charge in [-0.15, -0.1) is 0 Å². The number of likely N-dealkylation sites (N-methyl/N-ethyl adjacent to an activating group) is 1. The van der Waals surface area contributed by atoms with Crippen molar-refractivity contribution in [1.29, 1.82) is 0 Å². The third kappa shape index (κ3) is 3.09. The lowest BCUT2D eigenvalue weighted by atomic mass is 10.2. The summed E-state index contributed by atoms with van der Waals surface area (Å²) in [6.07, 6.45) is 2.30. The number of fused-ring (bicyclic) bond motifs is 1. The van der Waals surface area contributed by atoms with Crippen molar-refractivity contribution in [2.75, 3.05) is 6.54 Å². The third-order valence-corrected chi connectivity index (χ3v) is 2.71. The third-order valence-electron chi connectivity index (χ3n) is 2.71. The standard InChI is InChI=1S/C14H15N3O3/c1-3-15-13(18)9(2)20-14(19)10-4-5-11-12(8-10)17-7-6-16-11/h4-9H,3H2,1-2H3,(H,15,18)/t9-/m0/s1. The highest BCUT2D eigenvalue weighted by Gasteiger charge is 2.18. The Morgan fingerprint density at radius 3 is 2.65 bits per heavy atom. The predicted molar refractivity (Wildman–Crippen MR) is 73.1 cm³/mol. The molecule has 0 saturated heterocycles. The number of hydrogen-bond acceptors (Lipinski definition) is 5. The largest absolute Gasteiger partial charge is 0.449 e. The molecule has 2 rings (SSSR count). The molecule has 1 N–H and O–H groups in total. The van der Waals surface area contributed by atoms with Crippen molar-refractivity contribution < 1.29 is 14.3 Å². The Morgan fingerprint density at radius 1 is 1.25 bits per heavy atom. The van der Waals surface area contributed by atoms with Crippen LogP contribution >= 0.6 is 0 Å². The molecule has 104 valence electrons. The summed E-state index contributed by atoms with van der Waals surface area (Å²) in [5, 5.41) is 2.59. The fourth-order valence-electron chi connectivity index (χ4n) is 1.69. The van der Waals surface area contributed by atoms with Crippen LogP contribution in [0.5, 0.6) is 0 Å². The number of esters is 1. The molecule has 0 radical (unpaired) electrons. The van der Waals surface area contributed by atoms with Gasteiger partial charge in [-0.2, -0.15) is 0 Å². The van der Waals surface area contributed by atoms with Gasteiger partial charge in [0, 0.05) is 18.9 Å². The number of nitrogens with zero attached hydrogens (tertiary/aromatic N) is 2. The summed E-state index contributed by atoms with van der Waals surface area (Å²) in [6.45, 7) is 3.82. The molecule has 0 aliphatic carbocycles. The first-order valence-electron chi connectivity index (χ1n) is 6.31. The number of benzene rings is 1. The Balaban J connectivity index is 2.13. The molecular weight excluding hydrogens is 258 g/mol. The first-order valence-corrected chi connectivity index (χ1v) is 6.31. The van der Waals surface area contributed by atoms with E-state index < -0.39 is 12.1 Å². The molecule has 0 bridgehead atoms. The molecule has 0 spiro atoms. The van der Waals surface area contributed by atoms with Crippen LogP contribution in [0.15, 0.2) is 30.6 Å². The Labute approximate surface area is 116 Å². The van der Waals surface area contributed by atoms with E-state index in [-0.39, 0.29) is 5.91 Å². The quantitative estimate of drug-likeness (QED) is 0.849. The Bertz CT molecular complexity index is 642. The van der Waals surface area contributed by atoms with E-state index in [1.54, 1.807) is 37.5 Å². The van der Waals surface area contributed by atoms with Gasteiger partial charge in [-0.05, 0) is 32.0 Å². The summed E-state index contributed by atoms with van der Waals surface area (Å²) in [6, 6.07) is 4.88. The van der Waals surface area contributed by atoms with Crippen LogP contribution in [0.25, 0.3) is 11.0 Å². The molecule has 1 aromatic carbocycles. The monoisotopic (exact) mass is 273 g/mol. The first kappa shape index (κ1) is 13.9. The van der Waals surface area contributed by atoms with Crippen LogP contribution < -0.4 is 5.32 Å². The Hall–Kier alpha value is -2.50. The Kier molecular flexibility index (Phi) is 4.24. The van der Waals surface area contributed by atoms with Gasteiger partial charge in [0.2, 0.25) is 0 Å². The van der Waals surface area contributed by atoms with Gasteiger partial charge in [0.25, 0.3) is 5.91 Å². The molecule has 1 heterocycles. The maximum atomic E-state index is 12.0. The zero-order valence-corrected chi connectivity index (χ0v) is 11.3. The fraction of sp³-hybridized carbons (Fsp3) is 0.286. The molecule has 0 aliphatic heterocycles. The Morgan fingerprint density at radius 2 is 1.95 bits per heavy atom. The van der Waals surface area contributed by atoms with E-state index >= 15 is 0 Å². The number of aromatic nitrogens is 2. The molecule has 0 aliphatic rings. The first-order chi connectivity index (χ1) is 9.61. The van der Waals surface area contributed by atoms with Gasteiger partial charge in [-0.3, -0.25) is 14.8 Å². The van der Waals surface area contributed by atoms with Gasteiger partial charge < -0.3 is 10.1 Å². The maximum Gasteiger partial charge on any atom is 0.338 e. The minimum Gasteiger partial charge on any atom is -0.449 e. The molecule has 6 heteroatoms. The van der Waals surface area contributed by atoms with Gasteiger partial charge in [-0.1, -0.05) is 0 Å². The van der Waals surface area contributed by atoms with Crippen LogP contribution in [0, 0.1) is 0 Å². The molecule has 0 saturated carbocycles. The van der Waals surface area contributed by atoms with Crippen LogP contribution in [0.4, 0.5) is 0 Å². The molecule has 1 atom stereocenters. The molecule has 0 fully saturated rings. The number of carbonyl (C=O) groups is 2. The van der Waals surface area contributed by atoms with Crippen molar-refractivity contribution in [3.63, 3.8) is 0 Å². The van der Waals surface area contributed by atoms with Gasteiger partial charge in [-0.25, -0.2) is 4.79 Å². The highest BCUT2D eigenvalue weighted by atomic mass is 16.5. The van der Waals surface area contributed by atoms with Crippen molar-refractivity contribution in [2.45, 2.75) is 20.0 Å². The summed E-state index contributed by atoms with van der Waals surface area (Å²) < 4.78 is 5.10. The topological polar surface area (TPSA) is 81.2 Å². The highest BCUT2D eigenvalue weighted by molar-refractivity contribution is 5.95. The number of ether oxygens (including phenoxy) is 1. The van der Waals surface area contributed by atoms with E-state index in [4.69, 9.17) is 4.74 Å². The lowest BCUT2D eigenvalue weighted by Crippen LogP contribution is -2.35. The van der Waals surface area contributed by atoms with Crippen LogP contribution in [-0.2, 0) is 9.53 Å². The van der Waals surface area contributed by atoms with Gasteiger partial charge in [0.05, 0.1) is 16.6 Å². The van der Waals surface area contributed by atoms with E-state index in [1.807, 2.05) is 0 Å². The van der Waals surface area contributed by atoms with E-state index in [1.165, 1.54) is 6.92 Å². The van der Waals surface area contributed by atoms with Gasteiger partial charge in [0.15, 0.2) is 6.10 Å². The van der Waals surface area contributed by atoms with Crippen LogP contribution in [0.3, 0.4) is 0 Å². The zero-order chi connectivity index (χ0) is 14.5. The second-order valence-electron chi connectivity index (χ2n) is 4.20. The van der Waals surface area contributed by atoms with Crippen LogP contribution in [0.2, 0.25) is 0 Å². The second-order valence-corrected chi connectivity index (χ2v) is 4.20. The lowest BCUT2D eigenvalue weighted by molar-refractivity contribution is -0.128. The van der Waals surface area contributed by atoms with Crippen molar-refractivity contribution in [3.05, 3.63) is 36.2 Å². The molecule has 1 aromatic heterocycles. The minimum atomic E-state index is -0.833. The molecule has 0 unspecified atom stereocenters. The molecular formula is C14H15N3O3. The minimum absolute atomic E-state index is 0.318. The number of rotatable bonds is 4. The van der Waals surface area contributed by atoms with E-state index in [9.17, 15) is 9.59 Å². The highest BCUT2D eigenvalue weighted by Crippen LogP contribution is 2.12. The summed E-state index contributed by atoms with van der Waals surface area (Å²) in [7, 11) is 0. The summed E-state index contributed by atoms with van der Waals surface area (Å²) >= 11 is 0. The predicted octanol–water partition coefficient (Wildman–Crippen LogP) is 1.31. The number of carbonyl (C=O) groups excluding carboxylic acids is 2. The van der Waals surface area contributed by atoms with Gasteiger partial charge in [0.1, 0.15) is 0 Å². The smallest absolute Gasteiger partial charge is 0.338 e. The average Bonchev–Trinajstić information content (AvgIpc) is 2.46. The number of amides is 1. The summed E-state index contributed by atoms with van der Waals surface area (Å²) in [5.74, 6) is -0.877. The van der Waals surface area contributed by atoms with Crippen molar-refractivity contribution >= 4 is 22.9 Å². The number of hydrogen-bond donors (Lipinski definition) is 1. The lowest BCUT2D eigenvalue weighted by Gasteiger charge is -2.12. The molecule has 20 heavy (non-hydrogen) atoms. The zero-order valence-electron chi connectivity index (χ0n) is 11.3. The average molecular weight is 273 g/mol.